The Balaban J connectivity index is 1.53. The fraction of sp³-hybridized carbons (Fsp3) is 0.464. The normalized spacial score (nSPS) is 18.7. The lowest BCUT2D eigenvalue weighted by atomic mass is 9.77. The van der Waals surface area contributed by atoms with Gasteiger partial charge in [-0.1, -0.05) is 63.4 Å². The second-order valence-electron chi connectivity index (χ2n) is 9.07. The molecule has 0 saturated heterocycles. The Kier molecular flexibility index (Phi) is 7.29. The van der Waals surface area contributed by atoms with Crippen molar-refractivity contribution in [3.63, 3.8) is 0 Å². The van der Waals surface area contributed by atoms with Gasteiger partial charge >= 0.3 is 5.63 Å². The third-order valence-corrected chi connectivity index (χ3v) is 6.80. The molecule has 0 spiro atoms. The highest BCUT2D eigenvalue weighted by atomic mass is 19.1. The number of hydrogen-bond acceptors (Lipinski definition) is 3. The predicted octanol–water partition coefficient (Wildman–Crippen LogP) is 7.85. The molecule has 0 unspecified atom stereocenters. The molecule has 3 nitrogen and oxygen atoms in total. The number of benzene rings is 2. The van der Waals surface area contributed by atoms with Gasteiger partial charge in [0.1, 0.15) is 11.1 Å². The fourth-order valence-electron chi connectivity index (χ4n) is 4.91. The van der Waals surface area contributed by atoms with Gasteiger partial charge in [-0.15, -0.1) is 0 Å². The van der Waals surface area contributed by atoms with Crippen LogP contribution in [0, 0.1) is 11.7 Å². The van der Waals surface area contributed by atoms with Crippen LogP contribution in [0.3, 0.4) is 0 Å². The standard InChI is InChI=1S/C28H33FO3/c1-3-5-17-31-24-16-15-23-18-25(32-28(30)26(23)27(24)29)22-13-11-21(12-14-22)20-9-7-19(6-4-2)8-10-20/h11-16,18-20H,3-10,17H2,1-2H3. The average molecular weight is 437 g/mol. The minimum absolute atomic E-state index is 0.0526. The quantitative estimate of drug-likeness (QED) is 0.338. The van der Waals surface area contributed by atoms with E-state index in [0.717, 1.165) is 24.3 Å². The van der Waals surface area contributed by atoms with Crippen LogP contribution in [0.25, 0.3) is 22.1 Å². The van der Waals surface area contributed by atoms with E-state index in [2.05, 4.69) is 19.1 Å². The molecule has 32 heavy (non-hydrogen) atoms. The molecule has 0 N–H and O–H groups in total. The van der Waals surface area contributed by atoms with Crippen LogP contribution in [-0.4, -0.2) is 6.61 Å². The lowest BCUT2D eigenvalue weighted by molar-refractivity contribution is 0.295. The average Bonchev–Trinajstić information content (AvgIpc) is 2.81. The summed E-state index contributed by atoms with van der Waals surface area (Å²) in [6.45, 7) is 4.74. The summed E-state index contributed by atoms with van der Waals surface area (Å²) in [5, 5.41) is 0.470. The van der Waals surface area contributed by atoms with Crippen LogP contribution in [0.2, 0.25) is 0 Å². The highest BCUT2D eigenvalue weighted by molar-refractivity contribution is 5.86. The molecule has 4 rings (SSSR count). The molecule has 2 aromatic carbocycles. The third-order valence-electron chi connectivity index (χ3n) is 6.80. The number of ether oxygens (including phenoxy) is 1. The van der Waals surface area contributed by atoms with Gasteiger partial charge in [-0.3, -0.25) is 0 Å². The largest absolute Gasteiger partial charge is 0.490 e. The Labute approximate surface area is 189 Å². The third kappa shape index (κ3) is 4.90. The van der Waals surface area contributed by atoms with E-state index >= 15 is 0 Å². The van der Waals surface area contributed by atoms with Gasteiger partial charge in [-0.2, -0.15) is 0 Å². The Bertz CT molecular complexity index is 1090. The minimum atomic E-state index is -0.672. The van der Waals surface area contributed by atoms with Gasteiger partial charge in [0.15, 0.2) is 11.6 Å². The Morgan fingerprint density at radius 1 is 1.00 bits per heavy atom. The van der Waals surface area contributed by atoms with Crippen LogP contribution in [-0.2, 0) is 0 Å². The maximum Gasteiger partial charge on any atom is 0.347 e. The monoisotopic (exact) mass is 436 g/mol. The molecule has 0 aliphatic heterocycles. The van der Waals surface area contributed by atoms with E-state index in [1.54, 1.807) is 18.2 Å². The number of halogens is 1. The molecule has 4 heteroatoms. The van der Waals surface area contributed by atoms with Crippen molar-refractivity contribution in [1.29, 1.82) is 0 Å². The zero-order valence-corrected chi connectivity index (χ0v) is 19.2. The van der Waals surface area contributed by atoms with Gasteiger partial charge in [0.25, 0.3) is 0 Å². The summed E-state index contributed by atoms with van der Waals surface area (Å²) in [7, 11) is 0. The van der Waals surface area contributed by atoms with Gasteiger partial charge in [-0.25, -0.2) is 9.18 Å². The van der Waals surface area contributed by atoms with E-state index in [1.165, 1.54) is 44.1 Å². The number of unbranched alkanes of at least 4 members (excludes halogenated alkanes) is 1. The molecular weight excluding hydrogens is 403 g/mol. The number of fused-ring (bicyclic) bond motifs is 1. The van der Waals surface area contributed by atoms with Crippen molar-refractivity contribution < 1.29 is 13.5 Å². The molecule has 1 aliphatic carbocycles. The van der Waals surface area contributed by atoms with Gasteiger partial charge in [0.05, 0.1) is 6.61 Å². The summed E-state index contributed by atoms with van der Waals surface area (Å²) in [6.07, 6.45) is 9.54. The van der Waals surface area contributed by atoms with Crippen LogP contribution in [0.1, 0.15) is 76.7 Å². The highest BCUT2D eigenvalue weighted by Gasteiger charge is 2.22. The van der Waals surface area contributed by atoms with Crippen LogP contribution < -0.4 is 10.4 Å². The second-order valence-corrected chi connectivity index (χ2v) is 9.07. The van der Waals surface area contributed by atoms with Gasteiger partial charge < -0.3 is 9.15 Å². The molecule has 0 amide bonds. The molecule has 1 aromatic heterocycles. The van der Waals surface area contributed by atoms with Crippen molar-refractivity contribution >= 4 is 10.8 Å². The van der Waals surface area contributed by atoms with Gasteiger partial charge in [0.2, 0.25) is 0 Å². The first-order valence-electron chi connectivity index (χ1n) is 12.1. The smallest absolute Gasteiger partial charge is 0.347 e. The zero-order valence-electron chi connectivity index (χ0n) is 19.2. The first-order chi connectivity index (χ1) is 15.6. The Morgan fingerprint density at radius 2 is 1.75 bits per heavy atom. The maximum atomic E-state index is 14.8. The summed E-state index contributed by atoms with van der Waals surface area (Å²) in [4.78, 5) is 12.6. The van der Waals surface area contributed by atoms with Crippen molar-refractivity contribution in [1.82, 2.24) is 0 Å². The van der Waals surface area contributed by atoms with E-state index in [0.29, 0.717) is 23.7 Å². The maximum absolute atomic E-state index is 14.8. The summed E-state index contributed by atoms with van der Waals surface area (Å²) in [5.41, 5.74) is 1.51. The molecule has 1 fully saturated rings. The van der Waals surface area contributed by atoms with Crippen molar-refractivity contribution in [2.24, 2.45) is 5.92 Å². The summed E-state index contributed by atoms with van der Waals surface area (Å²) in [6, 6.07) is 13.4. The number of hydrogen-bond donors (Lipinski definition) is 0. The van der Waals surface area contributed by atoms with Crippen LogP contribution in [0.15, 0.2) is 51.7 Å². The molecule has 170 valence electrons. The van der Waals surface area contributed by atoms with E-state index in [1.807, 2.05) is 19.1 Å². The van der Waals surface area contributed by atoms with Gasteiger partial charge in [0, 0.05) is 5.56 Å². The van der Waals surface area contributed by atoms with Gasteiger partial charge in [-0.05, 0) is 67.0 Å². The SMILES string of the molecule is CCCCOc1ccc2cc(-c3ccc(C4CCC(CCC)CC4)cc3)oc(=O)c2c1F. The molecule has 3 aromatic rings. The predicted molar refractivity (Wildman–Crippen MR) is 128 cm³/mol. The van der Waals surface area contributed by atoms with E-state index in [9.17, 15) is 9.18 Å². The molecule has 0 radical (unpaired) electrons. The molecule has 0 atom stereocenters. The van der Waals surface area contributed by atoms with Crippen molar-refractivity contribution in [3.05, 3.63) is 64.3 Å². The lowest BCUT2D eigenvalue weighted by Crippen LogP contribution is -2.13. The van der Waals surface area contributed by atoms with Crippen LogP contribution in [0.4, 0.5) is 4.39 Å². The molecule has 0 bridgehead atoms. The molecule has 1 saturated carbocycles. The van der Waals surface area contributed by atoms with E-state index in [4.69, 9.17) is 9.15 Å². The van der Waals surface area contributed by atoms with Crippen LogP contribution >= 0.6 is 0 Å². The number of rotatable bonds is 8. The fourth-order valence-corrected chi connectivity index (χ4v) is 4.91. The van der Waals surface area contributed by atoms with E-state index in [-0.39, 0.29) is 11.1 Å². The summed E-state index contributed by atoms with van der Waals surface area (Å²) in [5.74, 6) is 1.41. The zero-order chi connectivity index (χ0) is 22.5. The van der Waals surface area contributed by atoms with Crippen molar-refractivity contribution in [2.75, 3.05) is 6.61 Å². The Morgan fingerprint density at radius 3 is 2.44 bits per heavy atom. The van der Waals surface area contributed by atoms with Crippen LogP contribution in [0.5, 0.6) is 5.75 Å². The molecule has 1 aliphatic rings. The Hall–Kier alpha value is -2.62. The highest BCUT2D eigenvalue weighted by Crippen LogP contribution is 2.38. The lowest BCUT2D eigenvalue weighted by Gasteiger charge is -2.28. The minimum Gasteiger partial charge on any atom is -0.490 e. The molecular formula is C28H33FO3. The first-order valence-corrected chi connectivity index (χ1v) is 12.1. The second kappa shape index (κ2) is 10.3. The summed E-state index contributed by atoms with van der Waals surface area (Å²) >= 11 is 0. The van der Waals surface area contributed by atoms with Crippen molar-refractivity contribution in [3.8, 4) is 17.1 Å². The molecule has 1 heterocycles. The summed E-state index contributed by atoms with van der Waals surface area (Å²) < 4.78 is 25.8. The first kappa shape index (κ1) is 22.6. The van der Waals surface area contributed by atoms with E-state index < -0.39 is 11.4 Å². The topological polar surface area (TPSA) is 39.4 Å². The van der Waals surface area contributed by atoms with Crippen molar-refractivity contribution in [2.45, 2.75) is 71.1 Å².